The molecular weight excluding hydrogens is 402 g/mol. The van der Waals surface area contributed by atoms with Crippen molar-refractivity contribution in [3.63, 3.8) is 0 Å². The Kier molecular flexibility index (Phi) is 6.39. The molecule has 0 saturated carbocycles. The molecule has 0 atom stereocenters. The van der Waals surface area contributed by atoms with Crippen molar-refractivity contribution in [2.24, 2.45) is 0 Å². The molecule has 0 unspecified atom stereocenters. The Morgan fingerprint density at radius 1 is 1.04 bits per heavy atom. The molecule has 0 bridgehead atoms. The number of thiazole rings is 1. The summed E-state index contributed by atoms with van der Waals surface area (Å²) in [5.41, 5.74) is 1.73. The molecule has 3 rings (SSSR count). The van der Waals surface area contributed by atoms with Crippen LogP contribution in [0.15, 0.2) is 60.7 Å². The summed E-state index contributed by atoms with van der Waals surface area (Å²) in [6, 6.07) is 18.9. The molecule has 0 aliphatic rings. The Hall–Kier alpha value is -2.48. The monoisotopic (exact) mass is 417 g/mol. The Morgan fingerprint density at radius 3 is 2.30 bits per heavy atom. The van der Waals surface area contributed by atoms with Gasteiger partial charge in [-0.3, -0.25) is 14.2 Å². The summed E-state index contributed by atoms with van der Waals surface area (Å²) in [7, 11) is 0. The molecular formula is C19H16ClN3O2S2. The van der Waals surface area contributed by atoms with Crippen LogP contribution in [0.2, 0.25) is 0 Å². The minimum absolute atomic E-state index is 0.220. The zero-order valence-electron chi connectivity index (χ0n) is 14.1. The van der Waals surface area contributed by atoms with Gasteiger partial charge in [-0.25, -0.2) is 0 Å². The Labute approximate surface area is 170 Å². The first kappa shape index (κ1) is 19.3. The van der Waals surface area contributed by atoms with Gasteiger partial charge in [-0.1, -0.05) is 59.9 Å². The molecule has 0 fully saturated rings. The number of nitrogens with one attached hydrogen (secondary N) is 2. The van der Waals surface area contributed by atoms with Crippen molar-refractivity contribution in [2.75, 3.05) is 11.2 Å². The molecule has 0 spiro atoms. The number of carbonyl (C=O) groups excluding carboxylic acids is 2. The third-order valence-corrected chi connectivity index (χ3v) is 5.32. The highest BCUT2D eigenvalue weighted by atomic mass is 35.5. The van der Waals surface area contributed by atoms with Gasteiger partial charge in [0.25, 0.3) is 5.91 Å². The first-order valence-electron chi connectivity index (χ1n) is 8.09. The number of nitrogens with zero attached hydrogens (tertiary/aromatic N) is 1. The van der Waals surface area contributed by atoms with Crippen LogP contribution in [0.5, 0.6) is 0 Å². The fraction of sp³-hybridized carbons (Fsp3) is 0.105. The molecule has 0 aliphatic heterocycles. The highest BCUT2D eigenvalue weighted by Crippen LogP contribution is 2.29. The summed E-state index contributed by atoms with van der Waals surface area (Å²) in [5, 5.41) is 5.57. The number of aromatic nitrogens is 1. The number of benzene rings is 2. The van der Waals surface area contributed by atoms with Crippen molar-refractivity contribution < 1.29 is 9.59 Å². The number of halogens is 1. The highest BCUT2D eigenvalue weighted by molar-refractivity contribution is 7.73. The second-order valence-corrected chi connectivity index (χ2v) is 7.48. The molecule has 27 heavy (non-hydrogen) atoms. The van der Waals surface area contributed by atoms with E-state index in [2.05, 4.69) is 10.6 Å². The van der Waals surface area contributed by atoms with E-state index in [4.69, 9.17) is 23.8 Å². The van der Waals surface area contributed by atoms with E-state index in [0.717, 1.165) is 22.6 Å². The van der Waals surface area contributed by atoms with E-state index in [1.807, 2.05) is 60.7 Å². The van der Waals surface area contributed by atoms with Crippen molar-refractivity contribution in [3.8, 4) is 5.69 Å². The van der Waals surface area contributed by atoms with Gasteiger partial charge in [0.1, 0.15) is 16.6 Å². The maximum Gasteiger partial charge on any atom is 0.265 e. The fourth-order valence-electron chi connectivity index (χ4n) is 2.48. The first-order valence-corrected chi connectivity index (χ1v) is 9.85. The molecule has 2 N–H and O–H groups in total. The molecule has 0 radical (unpaired) electrons. The van der Waals surface area contributed by atoms with Crippen LogP contribution >= 0.6 is 35.2 Å². The number of carbonyl (C=O) groups is 2. The van der Waals surface area contributed by atoms with Crippen LogP contribution in [0.25, 0.3) is 5.69 Å². The van der Waals surface area contributed by atoms with E-state index in [0.29, 0.717) is 21.2 Å². The van der Waals surface area contributed by atoms with E-state index in [9.17, 15) is 9.59 Å². The second-order valence-electron chi connectivity index (χ2n) is 5.57. The molecule has 0 aliphatic carbocycles. The molecule has 8 heteroatoms. The van der Waals surface area contributed by atoms with Crippen molar-refractivity contribution in [1.82, 2.24) is 9.88 Å². The fourth-order valence-corrected chi connectivity index (χ4v) is 3.86. The SMILES string of the molecule is O=C(CCl)Nc1c(C(=O)NCc2ccccc2)sc(=S)n1-c1ccccc1. The third-order valence-electron chi connectivity index (χ3n) is 3.71. The molecule has 0 saturated heterocycles. The van der Waals surface area contributed by atoms with Gasteiger partial charge in [0.15, 0.2) is 3.95 Å². The predicted octanol–water partition coefficient (Wildman–Crippen LogP) is 4.38. The zero-order chi connectivity index (χ0) is 19.2. The average molecular weight is 418 g/mol. The predicted molar refractivity (Wildman–Crippen MR) is 111 cm³/mol. The number of para-hydroxylation sites is 1. The normalized spacial score (nSPS) is 10.4. The summed E-state index contributed by atoms with van der Waals surface area (Å²) in [6.45, 7) is 0.374. The lowest BCUT2D eigenvalue weighted by Gasteiger charge is -2.11. The number of hydrogen-bond donors (Lipinski definition) is 2. The van der Waals surface area contributed by atoms with Crippen LogP contribution in [0.4, 0.5) is 5.82 Å². The number of alkyl halides is 1. The summed E-state index contributed by atoms with van der Waals surface area (Å²) in [5.74, 6) is -0.615. The summed E-state index contributed by atoms with van der Waals surface area (Å²) >= 11 is 12.2. The van der Waals surface area contributed by atoms with Crippen LogP contribution in [0.1, 0.15) is 15.2 Å². The van der Waals surface area contributed by atoms with Gasteiger partial charge in [0.2, 0.25) is 5.91 Å². The largest absolute Gasteiger partial charge is 0.347 e. The van der Waals surface area contributed by atoms with E-state index in [-0.39, 0.29) is 11.8 Å². The van der Waals surface area contributed by atoms with E-state index >= 15 is 0 Å². The second kappa shape index (κ2) is 8.94. The van der Waals surface area contributed by atoms with Crippen LogP contribution in [-0.2, 0) is 11.3 Å². The average Bonchev–Trinajstić information content (AvgIpc) is 3.03. The lowest BCUT2D eigenvalue weighted by atomic mass is 10.2. The van der Waals surface area contributed by atoms with Crippen molar-refractivity contribution in [1.29, 1.82) is 0 Å². The lowest BCUT2D eigenvalue weighted by Crippen LogP contribution is -2.25. The van der Waals surface area contributed by atoms with Crippen molar-refractivity contribution in [2.45, 2.75) is 6.54 Å². The molecule has 3 aromatic rings. The quantitative estimate of drug-likeness (QED) is 0.462. The minimum Gasteiger partial charge on any atom is -0.347 e. The maximum absolute atomic E-state index is 12.8. The molecule has 138 valence electrons. The lowest BCUT2D eigenvalue weighted by molar-refractivity contribution is -0.113. The maximum atomic E-state index is 12.8. The Bertz CT molecular complexity index is 1000. The van der Waals surface area contributed by atoms with E-state index < -0.39 is 5.91 Å². The van der Waals surface area contributed by atoms with Crippen molar-refractivity contribution >= 4 is 52.8 Å². The van der Waals surface area contributed by atoms with Gasteiger partial charge in [0.05, 0.1) is 0 Å². The van der Waals surface area contributed by atoms with Crippen LogP contribution < -0.4 is 10.6 Å². The summed E-state index contributed by atoms with van der Waals surface area (Å²) < 4.78 is 2.12. The molecule has 5 nitrogen and oxygen atoms in total. The van der Waals surface area contributed by atoms with Crippen LogP contribution in [0.3, 0.4) is 0 Å². The minimum atomic E-state index is -0.411. The van der Waals surface area contributed by atoms with E-state index in [1.54, 1.807) is 4.57 Å². The van der Waals surface area contributed by atoms with Gasteiger partial charge in [-0.05, 0) is 29.9 Å². The summed E-state index contributed by atoms with van der Waals surface area (Å²) in [4.78, 5) is 25.0. The Morgan fingerprint density at radius 2 is 1.67 bits per heavy atom. The van der Waals surface area contributed by atoms with Gasteiger partial charge in [0, 0.05) is 12.2 Å². The van der Waals surface area contributed by atoms with E-state index in [1.165, 1.54) is 0 Å². The van der Waals surface area contributed by atoms with Crippen molar-refractivity contribution in [3.05, 3.63) is 75.1 Å². The van der Waals surface area contributed by atoms with Gasteiger partial charge < -0.3 is 10.6 Å². The molecule has 1 heterocycles. The zero-order valence-corrected chi connectivity index (χ0v) is 16.5. The topological polar surface area (TPSA) is 63.1 Å². The molecule has 2 aromatic carbocycles. The van der Waals surface area contributed by atoms with Crippen LogP contribution in [-0.4, -0.2) is 22.3 Å². The standard InChI is InChI=1S/C19H16ClN3O2S2/c20-11-15(24)22-17-16(18(25)21-12-13-7-3-1-4-8-13)27-19(26)23(17)14-9-5-2-6-10-14/h1-10H,11-12H2,(H,21,25)(H,22,24). The highest BCUT2D eigenvalue weighted by Gasteiger charge is 2.21. The Balaban J connectivity index is 1.95. The number of rotatable bonds is 6. The number of anilines is 1. The van der Waals surface area contributed by atoms with Gasteiger partial charge in [-0.2, -0.15) is 0 Å². The third kappa shape index (κ3) is 4.63. The van der Waals surface area contributed by atoms with Gasteiger partial charge >= 0.3 is 0 Å². The number of amides is 2. The molecule has 2 amide bonds. The molecule has 1 aromatic heterocycles. The van der Waals surface area contributed by atoms with Crippen LogP contribution in [0, 0.1) is 3.95 Å². The summed E-state index contributed by atoms with van der Waals surface area (Å²) in [6.07, 6.45) is 0. The van der Waals surface area contributed by atoms with Gasteiger partial charge in [-0.15, -0.1) is 11.6 Å². The smallest absolute Gasteiger partial charge is 0.265 e. The number of hydrogen-bond acceptors (Lipinski definition) is 4. The first-order chi connectivity index (χ1) is 13.1.